The number of likely N-dealkylation sites (tertiary alicyclic amines) is 1. The quantitative estimate of drug-likeness (QED) is 0.707. The second-order valence-electron chi connectivity index (χ2n) is 5.66. The average Bonchev–Trinajstić information content (AvgIpc) is 2.87. The summed E-state index contributed by atoms with van der Waals surface area (Å²) in [5.74, 6) is 0. The van der Waals surface area contributed by atoms with Crippen LogP contribution in [0.1, 0.15) is 33.1 Å². The highest BCUT2D eigenvalue weighted by molar-refractivity contribution is 5.05. The predicted molar refractivity (Wildman–Crippen MR) is 75.5 cm³/mol. The van der Waals surface area contributed by atoms with Crippen molar-refractivity contribution in [1.82, 2.24) is 15.1 Å². The minimum absolute atomic E-state index is 0.421. The van der Waals surface area contributed by atoms with E-state index in [0.29, 0.717) is 0 Å². The monoisotopic (exact) mass is 252 g/mol. The third-order valence-electron chi connectivity index (χ3n) is 3.59. The molecule has 104 valence electrons. The Hall–Kier alpha value is -0.630. The predicted octanol–water partition coefficient (Wildman–Crippen LogP) is 1.30. The Kier molecular flexibility index (Phi) is 6.62. The van der Waals surface area contributed by atoms with E-state index in [0.717, 1.165) is 32.6 Å². The molecule has 0 aromatic rings. The molecule has 0 aromatic carbocycles. The van der Waals surface area contributed by atoms with Crippen LogP contribution in [-0.4, -0.2) is 61.7 Å². The van der Waals surface area contributed by atoms with Gasteiger partial charge in [0.15, 0.2) is 0 Å². The smallest absolute Gasteiger partial charge is 0.116 e. The maximum Gasteiger partial charge on any atom is 0.116 e. The molecule has 1 unspecified atom stereocenters. The van der Waals surface area contributed by atoms with E-state index in [2.05, 4.69) is 35.2 Å². The van der Waals surface area contributed by atoms with Gasteiger partial charge >= 0.3 is 0 Å². The third-order valence-corrected chi connectivity index (χ3v) is 3.59. The Morgan fingerprint density at radius 1 is 1.39 bits per heavy atom. The Morgan fingerprint density at radius 2 is 2.06 bits per heavy atom. The highest BCUT2D eigenvalue weighted by Gasteiger charge is 2.24. The number of hydrogen-bond acceptors (Lipinski definition) is 4. The highest BCUT2D eigenvalue weighted by Crippen LogP contribution is 2.08. The molecule has 0 spiro atoms. The van der Waals surface area contributed by atoms with Crippen molar-refractivity contribution in [3.63, 3.8) is 0 Å². The molecule has 1 saturated heterocycles. The van der Waals surface area contributed by atoms with E-state index >= 15 is 0 Å². The molecule has 1 rings (SSSR count). The SMILES string of the molecule is CCCNC(C)(C#N)CN(C)CCN1CCCC1. The van der Waals surface area contributed by atoms with Gasteiger partial charge in [0.2, 0.25) is 0 Å². The van der Waals surface area contributed by atoms with Crippen molar-refractivity contribution in [2.45, 2.75) is 38.6 Å². The van der Waals surface area contributed by atoms with Gasteiger partial charge in [-0.2, -0.15) is 5.26 Å². The van der Waals surface area contributed by atoms with E-state index in [1.807, 2.05) is 6.92 Å². The third kappa shape index (κ3) is 5.34. The molecular weight excluding hydrogens is 224 g/mol. The Labute approximate surface area is 112 Å². The number of nitrogens with zero attached hydrogens (tertiary/aromatic N) is 3. The number of likely N-dealkylation sites (N-methyl/N-ethyl adjacent to an activating group) is 1. The number of nitriles is 1. The van der Waals surface area contributed by atoms with Crippen molar-refractivity contribution >= 4 is 0 Å². The van der Waals surface area contributed by atoms with Gasteiger partial charge in [0.05, 0.1) is 6.07 Å². The molecule has 1 aliphatic rings. The summed E-state index contributed by atoms with van der Waals surface area (Å²) < 4.78 is 0. The summed E-state index contributed by atoms with van der Waals surface area (Å²) in [6.07, 6.45) is 3.75. The molecular formula is C14H28N4. The Morgan fingerprint density at radius 3 is 2.61 bits per heavy atom. The normalized spacial score (nSPS) is 19.9. The minimum Gasteiger partial charge on any atom is -0.302 e. The van der Waals surface area contributed by atoms with E-state index in [1.165, 1.54) is 25.9 Å². The van der Waals surface area contributed by atoms with Gasteiger partial charge in [0, 0.05) is 19.6 Å². The van der Waals surface area contributed by atoms with Crippen molar-refractivity contribution in [3.05, 3.63) is 0 Å². The largest absolute Gasteiger partial charge is 0.302 e. The molecule has 4 heteroatoms. The van der Waals surface area contributed by atoms with Crippen LogP contribution in [0.4, 0.5) is 0 Å². The Balaban J connectivity index is 2.27. The molecule has 1 N–H and O–H groups in total. The second-order valence-corrected chi connectivity index (χ2v) is 5.66. The summed E-state index contributed by atoms with van der Waals surface area (Å²) >= 11 is 0. The van der Waals surface area contributed by atoms with E-state index in [4.69, 9.17) is 0 Å². The van der Waals surface area contributed by atoms with Gasteiger partial charge in [-0.3, -0.25) is 5.32 Å². The fourth-order valence-corrected chi connectivity index (χ4v) is 2.47. The lowest BCUT2D eigenvalue weighted by Gasteiger charge is -2.30. The van der Waals surface area contributed by atoms with Gasteiger partial charge in [-0.15, -0.1) is 0 Å². The molecule has 0 radical (unpaired) electrons. The van der Waals surface area contributed by atoms with Gasteiger partial charge in [-0.05, 0) is 52.9 Å². The zero-order valence-electron chi connectivity index (χ0n) is 12.2. The van der Waals surface area contributed by atoms with Crippen LogP contribution in [-0.2, 0) is 0 Å². The van der Waals surface area contributed by atoms with Crippen molar-refractivity contribution < 1.29 is 0 Å². The van der Waals surface area contributed by atoms with Crippen LogP contribution in [0.5, 0.6) is 0 Å². The topological polar surface area (TPSA) is 42.3 Å². The summed E-state index contributed by atoms with van der Waals surface area (Å²) in [5.41, 5.74) is -0.421. The van der Waals surface area contributed by atoms with Crippen LogP contribution in [0.2, 0.25) is 0 Å². The molecule has 1 heterocycles. The molecule has 1 aliphatic heterocycles. The Bertz CT molecular complexity index is 267. The van der Waals surface area contributed by atoms with Gasteiger partial charge in [-0.1, -0.05) is 6.92 Å². The van der Waals surface area contributed by atoms with Gasteiger partial charge in [-0.25, -0.2) is 0 Å². The van der Waals surface area contributed by atoms with Crippen LogP contribution < -0.4 is 5.32 Å². The summed E-state index contributed by atoms with van der Waals surface area (Å²) in [4.78, 5) is 4.78. The minimum atomic E-state index is -0.421. The molecule has 0 saturated carbocycles. The fraction of sp³-hybridized carbons (Fsp3) is 0.929. The highest BCUT2D eigenvalue weighted by atomic mass is 15.2. The van der Waals surface area contributed by atoms with Crippen molar-refractivity contribution in [1.29, 1.82) is 5.26 Å². The molecule has 4 nitrogen and oxygen atoms in total. The molecule has 0 aliphatic carbocycles. The first kappa shape index (κ1) is 15.4. The summed E-state index contributed by atoms with van der Waals surface area (Å²) in [5, 5.41) is 12.6. The fourth-order valence-electron chi connectivity index (χ4n) is 2.47. The second kappa shape index (κ2) is 7.73. The van der Waals surface area contributed by atoms with Crippen LogP contribution >= 0.6 is 0 Å². The lowest BCUT2D eigenvalue weighted by Crippen LogP contribution is -2.50. The maximum absolute atomic E-state index is 9.29. The van der Waals surface area contributed by atoms with Gasteiger partial charge in [0.25, 0.3) is 0 Å². The van der Waals surface area contributed by atoms with Crippen molar-refractivity contribution in [3.8, 4) is 6.07 Å². The first-order chi connectivity index (χ1) is 8.59. The number of hydrogen-bond donors (Lipinski definition) is 1. The number of rotatable bonds is 8. The van der Waals surface area contributed by atoms with Crippen molar-refractivity contribution in [2.24, 2.45) is 0 Å². The average molecular weight is 252 g/mol. The summed E-state index contributed by atoms with van der Waals surface area (Å²) in [6, 6.07) is 2.41. The van der Waals surface area contributed by atoms with Crippen LogP contribution in [0.25, 0.3) is 0 Å². The van der Waals surface area contributed by atoms with E-state index in [9.17, 15) is 5.26 Å². The molecule has 0 aromatic heterocycles. The molecule has 0 bridgehead atoms. The van der Waals surface area contributed by atoms with E-state index in [1.54, 1.807) is 0 Å². The molecule has 0 amide bonds. The standard InChI is InChI=1S/C14H28N4/c1-4-7-16-14(2,12-15)13-17(3)10-11-18-8-5-6-9-18/h16H,4-11,13H2,1-3H3. The van der Waals surface area contributed by atoms with Crippen LogP contribution in [0.3, 0.4) is 0 Å². The lowest BCUT2D eigenvalue weighted by molar-refractivity contribution is 0.222. The first-order valence-corrected chi connectivity index (χ1v) is 7.17. The zero-order chi connectivity index (χ0) is 13.4. The van der Waals surface area contributed by atoms with E-state index in [-0.39, 0.29) is 0 Å². The first-order valence-electron chi connectivity index (χ1n) is 7.17. The molecule has 1 atom stereocenters. The van der Waals surface area contributed by atoms with Crippen LogP contribution in [0.15, 0.2) is 0 Å². The summed E-state index contributed by atoms with van der Waals surface area (Å²) in [6.45, 7) is 10.5. The van der Waals surface area contributed by atoms with Gasteiger partial charge in [0.1, 0.15) is 5.54 Å². The molecule has 1 fully saturated rings. The molecule has 18 heavy (non-hydrogen) atoms. The van der Waals surface area contributed by atoms with Crippen molar-refractivity contribution in [2.75, 3.05) is 46.3 Å². The maximum atomic E-state index is 9.29. The van der Waals surface area contributed by atoms with Crippen LogP contribution in [0, 0.1) is 11.3 Å². The number of nitrogens with one attached hydrogen (secondary N) is 1. The van der Waals surface area contributed by atoms with E-state index < -0.39 is 5.54 Å². The summed E-state index contributed by atoms with van der Waals surface area (Å²) in [7, 11) is 2.11. The zero-order valence-corrected chi connectivity index (χ0v) is 12.2. The van der Waals surface area contributed by atoms with Gasteiger partial charge < -0.3 is 9.80 Å². The lowest BCUT2D eigenvalue weighted by atomic mass is 10.0.